The van der Waals surface area contributed by atoms with Crippen LogP contribution in [-0.4, -0.2) is 48.7 Å². The van der Waals surface area contributed by atoms with Gasteiger partial charge in [0.25, 0.3) is 0 Å². The molecule has 8 heteroatoms. The molecule has 0 radical (unpaired) electrons. The molecular formula is C39H63FO7. The summed E-state index contributed by atoms with van der Waals surface area (Å²) in [5, 5.41) is 0. The molecule has 3 rings (SSSR count). The molecule has 0 saturated carbocycles. The zero-order valence-electron chi connectivity index (χ0n) is 31.3. The monoisotopic (exact) mass is 662 g/mol. The van der Waals surface area contributed by atoms with Crippen LogP contribution >= 0.6 is 0 Å². The molecule has 0 bridgehead atoms. The van der Waals surface area contributed by atoms with Crippen LogP contribution in [0.1, 0.15) is 134 Å². The van der Waals surface area contributed by atoms with Gasteiger partial charge in [0.1, 0.15) is 17.8 Å². The molecule has 1 aliphatic heterocycles. The maximum absolute atomic E-state index is 14.2. The van der Waals surface area contributed by atoms with E-state index in [-0.39, 0.29) is 42.0 Å². The van der Waals surface area contributed by atoms with Crippen molar-refractivity contribution in [1.29, 1.82) is 0 Å². The SMILES string of the molecule is CC.CC1CC=C(c2cccc(F)c2OCC(=O)OC(C)(C)C)CC1.CCC(C)C1(CC(C)CC(=O)OC(C)(C)C)COCC(=O)C1. The molecule has 2 aliphatic rings. The number of hydrogen-bond donors (Lipinski definition) is 0. The first-order valence-electron chi connectivity index (χ1n) is 17.5. The van der Waals surface area contributed by atoms with Crippen LogP contribution in [0.3, 0.4) is 0 Å². The van der Waals surface area contributed by atoms with Crippen molar-refractivity contribution in [3.05, 3.63) is 35.7 Å². The Morgan fingerprint density at radius 3 is 2.19 bits per heavy atom. The van der Waals surface area contributed by atoms with Crippen LogP contribution in [0.5, 0.6) is 5.75 Å². The van der Waals surface area contributed by atoms with Crippen molar-refractivity contribution in [2.24, 2.45) is 23.2 Å². The Balaban J connectivity index is 0.000000447. The van der Waals surface area contributed by atoms with E-state index in [9.17, 15) is 18.8 Å². The average Bonchev–Trinajstić information content (AvgIpc) is 2.95. The van der Waals surface area contributed by atoms with Gasteiger partial charge >= 0.3 is 11.9 Å². The summed E-state index contributed by atoms with van der Waals surface area (Å²) in [4.78, 5) is 35.7. The van der Waals surface area contributed by atoms with Gasteiger partial charge in [-0.3, -0.25) is 9.59 Å². The highest BCUT2D eigenvalue weighted by Gasteiger charge is 2.41. The van der Waals surface area contributed by atoms with Crippen LogP contribution in [-0.2, 0) is 28.6 Å². The second-order valence-electron chi connectivity index (χ2n) is 15.1. The van der Waals surface area contributed by atoms with Crippen LogP contribution in [0.2, 0.25) is 0 Å². The van der Waals surface area contributed by atoms with E-state index >= 15 is 0 Å². The predicted octanol–water partition coefficient (Wildman–Crippen LogP) is 9.54. The Morgan fingerprint density at radius 2 is 1.66 bits per heavy atom. The fourth-order valence-electron chi connectivity index (χ4n) is 6.00. The van der Waals surface area contributed by atoms with Crippen LogP contribution in [0, 0.1) is 29.0 Å². The highest BCUT2D eigenvalue weighted by Crippen LogP contribution is 2.43. The smallest absolute Gasteiger partial charge is 0.344 e. The molecule has 1 saturated heterocycles. The van der Waals surface area contributed by atoms with Gasteiger partial charge in [-0.2, -0.15) is 0 Å². The van der Waals surface area contributed by atoms with Gasteiger partial charge in [-0.15, -0.1) is 0 Å². The normalized spacial score (nSPS) is 21.1. The van der Waals surface area contributed by atoms with Crippen LogP contribution in [0.4, 0.5) is 4.39 Å². The standard InChI is InChI=1S/C19H25FO3.C18H32O4.C2H6/c1-13-8-10-14(11-9-13)15-6-5-7-16(20)18(15)22-12-17(21)23-19(2,3)4;1-7-14(3)18(10-15(19)11-21-12-18)9-13(2)8-16(20)22-17(4,5)6;1-2/h5-7,10,13H,8-9,11-12H2,1-4H3;13-14H,7-12H2,1-6H3;1-2H3. The van der Waals surface area contributed by atoms with Crippen molar-refractivity contribution in [1.82, 2.24) is 0 Å². The average molecular weight is 663 g/mol. The van der Waals surface area contributed by atoms with E-state index < -0.39 is 23.0 Å². The molecule has 1 aromatic rings. The number of para-hydroxylation sites is 1. The van der Waals surface area contributed by atoms with Gasteiger partial charge in [0, 0.05) is 23.8 Å². The second-order valence-corrected chi connectivity index (χ2v) is 15.1. The molecule has 4 atom stereocenters. The number of carbonyl (C=O) groups is 3. The number of benzene rings is 1. The third-order valence-electron chi connectivity index (χ3n) is 8.29. The largest absolute Gasteiger partial charge is 0.478 e. The Hall–Kier alpha value is -2.74. The molecule has 0 amide bonds. The molecule has 0 spiro atoms. The number of rotatable bonds is 10. The number of allylic oxidation sites excluding steroid dienone is 2. The fraction of sp³-hybridized carbons (Fsp3) is 0.718. The summed E-state index contributed by atoms with van der Waals surface area (Å²) in [6.45, 7) is 24.1. The highest BCUT2D eigenvalue weighted by molar-refractivity contribution is 5.81. The number of ketones is 1. The van der Waals surface area contributed by atoms with Gasteiger partial charge in [-0.1, -0.05) is 66.2 Å². The predicted molar refractivity (Wildman–Crippen MR) is 187 cm³/mol. The van der Waals surface area contributed by atoms with E-state index in [1.54, 1.807) is 26.8 Å². The summed E-state index contributed by atoms with van der Waals surface area (Å²) < 4.78 is 35.8. The van der Waals surface area contributed by atoms with Crippen LogP contribution < -0.4 is 4.74 Å². The number of carbonyl (C=O) groups excluding carboxylic acids is 3. The lowest BCUT2D eigenvalue weighted by molar-refractivity contribution is -0.158. The maximum Gasteiger partial charge on any atom is 0.344 e. The first kappa shape index (κ1) is 42.3. The third kappa shape index (κ3) is 15.4. The number of halogens is 1. The summed E-state index contributed by atoms with van der Waals surface area (Å²) in [6, 6.07) is 4.86. The lowest BCUT2D eigenvalue weighted by Crippen LogP contribution is -2.43. The van der Waals surface area contributed by atoms with E-state index in [1.165, 1.54) is 6.07 Å². The van der Waals surface area contributed by atoms with E-state index in [1.807, 2.05) is 40.7 Å². The lowest BCUT2D eigenvalue weighted by Gasteiger charge is -2.42. The van der Waals surface area contributed by atoms with E-state index in [2.05, 4.69) is 33.8 Å². The molecule has 268 valence electrons. The van der Waals surface area contributed by atoms with E-state index in [0.29, 0.717) is 31.3 Å². The minimum atomic E-state index is -0.583. The van der Waals surface area contributed by atoms with Crippen molar-refractivity contribution in [2.45, 2.75) is 139 Å². The number of esters is 2. The number of ether oxygens (including phenoxy) is 4. The zero-order valence-corrected chi connectivity index (χ0v) is 31.3. The van der Waals surface area contributed by atoms with Gasteiger partial charge in [-0.05, 0) is 96.6 Å². The molecule has 4 unspecified atom stereocenters. The molecule has 0 N–H and O–H groups in total. The van der Waals surface area contributed by atoms with E-state index in [4.69, 9.17) is 18.9 Å². The summed E-state index contributed by atoms with van der Waals surface area (Å²) in [7, 11) is 0. The van der Waals surface area contributed by atoms with E-state index in [0.717, 1.165) is 43.2 Å². The molecule has 0 aromatic heterocycles. The Labute approximate surface area is 284 Å². The number of Topliss-reactive ketones (excluding diaryl/α,β-unsaturated/α-hetero) is 1. The third-order valence-corrected chi connectivity index (χ3v) is 8.29. The van der Waals surface area contributed by atoms with Crippen LogP contribution in [0.25, 0.3) is 5.57 Å². The molecule has 7 nitrogen and oxygen atoms in total. The molecular weight excluding hydrogens is 599 g/mol. The molecule has 47 heavy (non-hydrogen) atoms. The quantitative estimate of drug-likeness (QED) is 0.231. The topological polar surface area (TPSA) is 88.1 Å². The van der Waals surface area contributed by atoms with Crippen molar-refractivity contribution in [3.63, 3.8) is 0 Å². The zero-order chi connectivity index (χ0) is 36.0. The van der Waals surface area contributed by atoms with Crippen LogP contribution in [0.15, 0.2) is 24.3 Å². The molecule has 1 aromatic carbocycles. The van der Waals surface area contributed by atoms with Gasteiger partial charge in [0.05, 0.1) is 6.61 Å². The lowest BCUT2D eigenvalue weighted by atomic mass is 9.66. The summed E-state index contributed by atoms with van der Waals surface area (Å²) in [5.74, 6) is 0.427. The van der Waals surface area contributed by atoms with Gasteiger partial charge in [0.2, 0.25) is 0 Å². The summed E-state index contributed by atoms with van der Waals surface area (Å²) in [6.07, 6.45) is 7.90. The second kappa shape index (κ2) is 19.3. The minimum absolute atomic E-state index is 0.133. The van der Waals surface area contributed by atoms with Crippen molar-refractivity contribution in [3.8, 4) is 5.75 Å². The van der Waals surface area contributed by atoms with Crippen molar-refractivity contribution in [2.75, 3.05) is 19.8 Å². The first-order chi connectivity index (χ1) is 21.8. The van der Waals surface area contributed by atoms with Gasteiger partial charge < -0.3 is 18.9 Å². The number of hydrogen-bond acceptors (Lipinski definition) is 7. The summed E-state index contributed by atoms with van der Waals surface area (Å²) >= 11 is 0. The first-order valence-corrected chi connectivity index (χ1v) is 17.5. The fourth-order valence-corrected chi connectivity index (χ4v) is 6.00. The maximum atomic E-state index is 14.2. The summed E-state index contributed by atoms with van der Waals surface area (Å²) in [5.41, 5.74) is 0.656. The Kier molecular flexibility index (Phi) is 17.4. The van der Waals surface area contributed by atoms with Crippen molar-refractivity contribution >= 4 is 23.3 Å². The Morgan fingerprint density at radius 1 is 1.04 bits per heavy atom. The molecule has 1 fully saturated rings. The Bertz CT molecular complexity index is 1180. The van der Waals surface area contributed by atoms with Gasteiger partial charge in [0.15, 0.2) is 24.0 Å². The minimum Gasteiger partial charge on any atom is -0.478 e. The van der Waals surface area contributed by atoms with Gasteiger partial charge in [-0.25, -0.2) is 9.18 Å². The highest BCUT2D eigenvalue weighted by atomic mass is 19.1. The molecule has 1 aliphatic carbocycles. The molecule has 1 heterocycles. The van der Waals surface area contributed by atoms with Crippen molar-refractivity contribution < 1.29 is 37.7 Å².